The van der Waals surface area contributed by atoms with E-state index in [0.717, 1.165) is 22.0 Å². The molecule has 0 aliphatic rings. The highest BCUT2D eigenvalue weighted by atomic mass is 16.5. The Balaban J connectivity index is 2.24. The van der Waals surface area contributed by atoms with E-state index in [2.05, 4.69) is 4.98 Å². The maximum Gasteiger partial charge on any atom is 0.130 e. The lowest BCUT2D eigenvalue weighted by Crippen LogP contribution is -1.88. The van der Waals surface area contributed by atoms with E-state index >= 15 is 0 Å². The van der Waals surface area contributed by atoms with Crippen molar-refractivity contribution >= 4 is 10.9 Å². The van der Waals surface area contributed by atoms with Crippen molar-refractivity contribution in [1.82, 2.24) is 4.98 Å². The zero-order valence-corrected chi connectivity index (χ0v) is 9.97. The van der Waals surface area contributed by atoms with Gasteiger partial charge in [0.05, 0.1) is 12.7 Å². The fourth-order valence-electron chi connectivity index (χ4n) is 2.18. The summed E-state index contributed by atoms with van der Waals surface area (Å²) in [6, 6.07) is 13.3. The number of ether oxygens (including phenoxy) is 1. The van der Waals surface area contributed by atoms with Gasteiger partial charge in [0.25, 0.3) is 0 Å². The molecule has 0 amide bonds. The highest BCUT2D eigenvalue weighted by molar-refractivity contribution is 5.87. The van der Waals surface area contributed by atoms with Gasteiger partial charge in [-0.05, 0) is 35.2 Å². The molecule has 0 unspecified atom stereocenters. The first kappa shape index (κ1) is 10.7. The van der Waals surface area contributed by atoms with Gasteiger partial charge in [0.15, 0.2) is 0 Å². The lowest BCUT2D eigenvalue weighted by Gasteiger charge is -2.10. The molecular weight excluding hydrogens is 226 g/mol. The molecule has 2 N–H and O–H groups in total. The number of nitrogens with one attached hydrogen (secondary N) is 1. The van der Waals surface area contributed by atoms with Crippen LogP contribution in [0.2, 0.25) is 0 Å². The summed E-state index contributed by atoms with van der Waals surface area (Å²) in [5.41, 5.74) is 2.69. The van der Waals surface area contributed by atoms with Crippen LogP contribution < -0.4 is 4.74 Å². The van der Waals surface area contributed by atoms with Crippen LogP contribution in [0.3, 0.4) is 0 Å². The summed E-state index contributed by atoms with van der Waals surface area (Å²) in [6.45, 7) is 0. The normalized spacial score (nSPS) is 10.7. The van der Waals surface area contributed by atoms with Gasteiger partial charge in [-0.3, -0.25) is 0 Å². The van der Waals surface area contributed by atoms with Gasteiger partial charge in [-0.25, -0.2) is 0 Å². The van der Waals surface area contributed by atoms with Gasteiger partial charge < -0.3 is 14.8 Å². The number of aromatic hydroxyl groups is 1. The van der Waals surface area contributed by atoms with Crippen LogP contribution in [0.25, 0.3) is 22.0 Å². The molecule has 0 atom stereocenters. The summed E-state index contributed by atoms with van der Waals surface area (Å²) in [5, 5.41) is 11.2. The van der Waals surface area contributed by atoms with Crippen LogP contribution in [0.4, 0.5) is 0 Å². The number of methoxy groups -OCH3 is 1. The molecule has 1 aromatic heterocycles. The lowest BCUT2D eigenvalue weighted by atomic mass is 10.0. The number of hydrogen-bond donors (Lipinski definition) is 2. The molecule has 3 rings (SSSR count). The molecule has 3 nitrogen and oxygen atoms in total. The van der Waals surface area contributed by atoms with Crippen LogP contribution in [0.1, 0.15) is 0 Å². The molecule has 0 saturated heterocycles. The fourth-order valence-corrected chi connectivity index (χ4v) is 2.18. The molecule has 3 heteroatoms. The van der Waals surface area contributed by atoms with Crippen molar-refractivity contribution in [2.45, 2.75) is 0 Å². The Morgan fingerprint density at radius 2 is 2.00 bits per heavy atom. The number of fused-ring (bicyclic) bond motifs is 1. The van der Waals surface area contributed by atoms with Gasteiger partial charge in [0, 0.05) is 11.7 Å². The Bertz CT molecular complexity index is 701. The van der Waals surface area contributed by atoms with E-state index in [4.69, 9.17) is 4.74 Å². The van der Waals surface area contributed by atoms with Crippen LogP contribution in [0.5, 0.6) is 11.5 Å². The van der Waals surface area contributed by atoms with E-state index in [1.165, 1.54) is 0 Å². The zero-order valence-electron chi connectivity index (χ0n) is 9.97. The summed E-state index contributed by atoms with van der Waals surface area (Å²) in [4.78, 5) is 3.16. The van der Waals surface area contributed by atoms with Gasteiger partial charge in [-0.2, -0.15) is 0 Å². The van der Waals surface area contributed by atoms with Gasteiger partial charge in [-0.15, -0.1) is 0 Å². The molecule has 0 bridgehead atoms. The van der Waals surface area contributed by atoms with Crippen molar-refractivity contribution in [3.05, 3.63) is 48.7 Å². The first-order valence-electron chi connectivity index (χ1n) is 5.73. The van der Waals surface area contributed by atoms with Crippen molar-refractivity contribution in [2.24, 2.45) is 0 Å². The average Bonchev–Trinajstić information content (AvgIpc) is 2.85. The highest BCUT2D eigenvalue weighted by Crippen LogP contribution is 2.38. The first-order valence-corrected chi connectivity index (χ1v) is 5.73. The Kier molecular flexibility index (Phi) is 2.45. The maximum atomic E-state index is 10.0. The molecule has 0 saturated carbocycles. The van der Waals surface area contributed by atoms with Crippen LogP contribution >= 0.6 is 0 Å². The van der Waals surface area contributed by atoms with Gasteiger partial charge in [0.1, 0.15) is 11.5 Å². The van der Waals surface area contributed by atoms with E-state index in [1.807, 2.05) is 36.5 Å². The number of benzene rings is 2. The van der Waals surface area contributed by atoms with Crippen molar-refractivity contribution in [1.29, 1.82) is 0 Å². The van der Waals surface area contributed by atoms with E-state index in [9.17, 15) is 5.11 Å². The molecule has 2 aromatic carbocycles. The molecular formula is C15H13NO2. The molecule has 0 spiro atoms. The summed E-state index contributed by atoms with van der Waals surface area (Å²) in [6.07, 6.45) is 1.90. The van der Waals surface area contributed by atoms with E-state index in [-0.39, 0.29) is 5.75 Å². The Labute approximate surface area is 105 Å². The minimum atomic E-state index is 0.222. The third kappa shape index (κ3) is 1.61. The number of aromatic nitrogens is 1. The minimum absolute atomic E-state index is 0.222. The predicted octanol–water partition coefficient (Wildman–Crippen LogP) is 3.55. The number of aromatic amines is 1. The number of phenolic OH excluding ortho intramolecular Hbond substituents is 1. The van der Waals surface area contributed by atoms with Gasteiger partial charge >= 0.3 is 0 Å². The summed E-state index contributed by atoms with van der Waals surface area (Å²) < 4.78 is 5.30. The molecule has 0 fully saturated rings. The molecule has 90 valence electrons. The highest BCUT2D eigenvalue weighted by Gasteiger charge is 2.11. The number of hydrogen-bond acceptors (Lipinski definition) is 2. The van der Waals surface area contributed by atoms with Gasteiger partial charge in [-0.1, -0.05) is 18.2 Å². The topological polar surface area (TPSA) is 45.2 Å². The SMILES string of the molecule is COc1cccc(O)c1-c1ccc2cc[nH]c2c1. The van der Waals surface area contributed by atoms with Gasteiger partial charge in [0.2, 0.25) is 0 Å². The number of H-pyrrole nitrogens is 1. The van der Waals surface area contributed by atoms with Crippen LogP contribution in [-0.4, -0.2) is 17.2 Å². The second-order valence-corrected chi connectivity index (χ2v) is 4.13. The van der Waals surface area contributed by atoms with Crippen molar-refractivity contribution in [2.75, 3.05) is 7.11 Å². The van der Waals surface area contributed by atoms with Crippen LogP contribution in [0, 0.1) is 0 Å². The minimum Gasteiger partial charge on any atom is -0.507 e. The standard InChI is InChI=1S/C15H13NO2/c1-18-14-4-2-3-13(17)15(14)11-6-5-10-7-8-16-12(10)9-11/h2-9,16-17H,1H3. The molecule has 0 aliphatic carbocycles. The quantitative estimate of drug-likeness (QED) is 0.718. The monoisotopic (exact) mass is 239 g/mol. The average molecular weight is 239 g/mol. The largest absolute Gasteiger partial charge is 0.507 e. The fraction of sp³-hybridized carbons (Fsp3) is 0.0667. The van der Waals surface area contributed by atoms with E-state index in [1.54, 1.807) is 19.2 Å². The van der Waals surface area contributed by atoms with Crippen molar-refractivity contribution in [3.8, 4) is 22.6 Å². The van der Waals surface area contributed by atoms with E-state index < -0.39 is 0 Å². The van der Waals surface area contributed by atoms with Crippen molar-refractivity contribution < 1.29 is 9.84 Å². The van der Waals surface area contributed by atoms with Crippen molar-refractivity contribution in [3.63, 3.8) is 0 Å². The summed E-state index contributed by atoms with van der Waals surface area (Å²) >= 11 is 0. The Hall–Kier alpha value is -2.42. The summed E-state index contributed by atoms with van der Waals surface area (Å²) in [5.74, 6) is 0.890. The molecule has 1 heterocycles. The molecule has 0 radical (unpaired) electrons. The molecule has 18 heavy (non-hydrogen) atoms. The first-order chi connectivity index (χ1) is 8.79. The second-order valence-electron chi connectivity index (χ2n) is 4.13. The Morgan fingerprint density at radius 3 is 2.83 bits per heavy atom. The molecule has 0 aliphatic heterocycles. The lowest BCUT2D eigenvalue weighted by molar-refractivity contribution is 0.410. The third-order valence-corrected chi connectivity index (χ3v) is 3.07. The van der Waals surface area contributed by atoms with Crippen LogP contribution in [-0.2, 0) is 0 Å². The van der Waals surface area contributed by atoms with E-state index in [0.29, 0.717) is 5.75 Å². The number of phenols is 1. The predicted molar refractivity (Wildman–Crippen MR) is 72.0 cm³/mol. The second kappa shape index (κ2) is 4.11. The Morgan fingerprint density at radius 1 is 1.11 bits per heavy atom. The summed E-state index contributed by atoms with van der Waals surface area (Å²) in [7, 11) is 1.60. The molecule has 3 aromatic rings. The van der Waals surface area contributed by atoms with Crippen LogP contribution in [0.15, 0.2) is 48.7 Å². The third-order valence-electron chi connectivity index (χ3n) is 3.07. The number of rotatable bonds is 2. The maximum absolute atomic E-state index is 10.0. The smallest absolute Gasteiger partial charge is 0.130 e. The zero-order chi connectivity index (χ0) is 12.5.